The first kappa shape index (κ1) is 17.8. The second-order valence-corrected chi connectivity index (χ2v) is 5.49. The molecule has 7 nitrogen and oxygen atoms in total. The summed E-state index contributed by atoms with van der Waals surface area (Å²) < 4.78 is 5.92. The third kappa shape index (κ3) is 4.35. The van der Waals surface area contributed by atoms with Crippen LogP contribution in [-0.4, -0.2) is 28.2 Å². The number of hydrogen-bond donors (Lipinski definition) is 1. The van der Waals surface area contributed by atoms with E-state index in [1.54, 1.807) is 6.07 Å². The Morgan fingerprint density at radius 2 is 2.24 bits per heavy atom. The third-order valence-electron chi connectivity index (χ3n) is 2.84. The van der Waals surface area contributed by atoms with E-state index in [0.717, 1.165) is 0 Å². The van der Waals surface area contributed by atoms with Gasteiger partial charge >= 0.3 is 0 Å². The number of halogens is 2. The van der Waals surface area contributed by atoms with Crippen molar-refractivity contribution in [3.8, 4) is 11.5 Å². The molecule has 0 aliphatic rings. The maximum atomic E-state index is 10.7. The van der Waals surface area contributed by atoms with Crippen LogP contribution >= 0.6 is 35.0 Å². The monoisotopic (exact) mass is 424 g/mol. The molecule has 0 saturated heterocycles. The lowest BCUT2D eigenvalue weighted by Crippen LogP contribution is -2.24. The van der Waals surface area contributed by atoms with E-state index >= 15 is 0 Å². The SMILES string of the molecule is CNC(C)Cc1noc(-c2ccc([N+](=O)[O-])cc2I)n1.Cl. The number of nitro benzene ring substituents is 1. The van der Waals surface area contributed by atoms with Crippen molar-refractivity contribution in [3.05, 3.63) is 37.7 Å². The summed E-state index contributed by atoms with van der Waals surface area (Å²) in [5.41, 5.74) is 0.744. The quantitative estimate of drug-likeness (QED) is 0.451. The number of rotatable bonds is 5. The molecule has 0 aliphatic carbocycles. The first-order valence-corrected chi connectivity index (χ1v) is 7.03. The lowest BCUT2D eigenvalue weighted by Gasteiger charge is -2.04. The molecule has 0 fully saturated rings. The number of benzene rings is 1. The van der Waals surface area contributed by atoms with Crippen LogP contribution in [0.3, 0.4) is 0 Å². The van der Waals surface area contributed by atoms with Crippen LogP contribution in [0.5, 0.6) is 0 Å². The summed E-state index contributed by atoms with van der Waals surface area (Å²) in [7, 11) is 1.87. The van der Waals surface area contributed by atoms with Crippen LogP contribution in [0, 0.1) is 13.7 Å². The van der Waals surface area contributed by atoms with Gasteiger partial charge in [-0.2, -0.15) is 4.98 Å². The van der Waals surface area contributed by atoms with E-state index in [9.17, 15) is 10.1 Å². The summed E-state index contributed by atoms with van der Waals surface area (Å²) in [6.45, 7) is 2.02. The van der Waals surface area contributed by atoms with Gasteiger partial charge in [0, 0.05) is 28.2 Å². The van der Waals surface area contributed by atoms with Gasteiger partial charge in [-0.1, -0.05) is 5.16 Å². The number of nitrogens with zero attached hydrogens (tertiary/aromatic N) is 3. The Balaban J connectivity index is 0.00000220. The summed E-state index contributed by atoms with van der Waals surface area (Å²) >= 11 is 2.02. The van der Waals surface area contributed by atoms with E-state index in [2.05, 4.69) is 15.5 Å². The van der Waals surface area contributed by atoms with E-state index < -0.39 is 4.92 Å². The molecule has 1 aromatic carbocycles. The van der Waals surface area contributed by atoms with Crippen LogP contribution in [0.25, 0.3) is 11.5 Å². The molecule has 114 valence electrons. The largest absolute Gasteiger partial charge is 0.334 e. The van der Waals surface area contributed by atoms with Gasteiger partial charge in [0.2, 0.25) is 0 Å². The third-order valence-corrected chi connectivity index (χ3v) is 3.74. The molecule has 21 heavy (non-hydrogen) atoms. The second kappa shape index (κ2) is 7.66. The van der Waals surface area contributed by atoms with E-state index in [0.29, 0.717) is 27.3 Å². The van der Waals surface area contributed by atoms with Crippen LogP contribution in [0.15, 0.2) is 22.7 Å². The van der Waals surface area contributed by atoms with E-state index in [1.165, 1.54) is 12.1 Å². The summed E-state index contributed by atoms with van der Waals surface area (Å²) in [4.78, 5) is 14.6. The molecule has 0 amide bonds. The summed E-state index contributed by atoms with van der Waals surface area (Å²) in [5, 5.41) is 17.7. The second-order valence-electron chi connectivity index (χ2n) is 4.33. The molecule has 2 aromatic rings. The predicted molar refractivity (Wildman–Crippen MR) is 88.6 cm³/mol. The Labute approximate surface area is 141 Å². The minimum Gasteiger partial charge on any atom is -0.334 e. The van der Waals surface area contributed by atoms with Gasteiger partial charge in [-0.3, -0.25) is 10.1 Å². The smallest absolute Gasteiger partial charge is 0.270 e. The van der Waals surface area contributed by atoms with Gasteiger partial charge in [0.25, 0.3) is 11.6 Å². The Bertz CT molecular complexity index is 635. The molecule has 0 saturated carbocycles. The van der Waals surface area contributed by atoms with Gasteiger partial charge in [-0.25, -0.2) is 0 Å². The van der Waals surface area contributed by atoms with Crippen LogP contribution in [0.4, 0.5) is 5.69 Å². The van der Waals surface area contributed by atoms with Crippen molar-refractivity contribution in [2.75, 3.05) is 7.05 Å². The first-order chi connectivity index (χ1) is 9.51. The normalized spacial score (nSPS) is 11.8. The fourth-order valence-corrected chi connectivity index (χ4v) is 2.34. The molecule has 0 radical (unpaired) electrons. The number of aromatic nitrogens is 2. The lowest BCUT2D eigenvalue weighted by molar-refractivity contribution is -0.384. The lowest BCUT2D eigenvalue weighted by atomic mass is 10.2. The Morgan fingerprint density at radius 3 is 2.81 bits per heavy atom. The molecule has 2 rings (SSSR count). The summed E-state index contributed by atoms with van der Waals surface area (Å²) in [6.07, 6.45) is 0.656. The molecule has 1 aromatic heterocycles. The van der Waals surface area contributed by atoms with Gasteiger partial charge in [-0.05, 0) is 42.6 Å². The maximum absolute atomic E-state index is 10.7. The molecular formula is C12H14ClIN4O3. The number of nitro groups is 1. The average molecular weight is 425 g/mol. The number of non-ortho nitro benzene ring substituents is 1. The summed E-state index contributed by atoms with van der Waals surface area (Å²) in [6, 6.07) is 4.78. The Kier molecular flexibility index (Phi) is 6.49. The van der Waals surface area contributed by atoms with E-state index in [1.807, 2.05) is 36.6 Å². The summed E-state index contributed by atoms with van der Waals surface area (Å²) in [5.74, 6) is 0.985. The molecule has 1 unspecified atom stereocenters. The Hall–Kier alpha value is -1.26. The molecular weight excluding hydrogens is 411 g/mol. The van der Waals surface area contributed by atoms with Crippen molar-refractivity contribution in [2.24, 2.45) is 0 Å². The highest BCUT2D eigenvalue weighted by molar-refractivity contribution is 14.1. The van der Waals surface area contributed by atoms with Crippen molar-refractivity contribution in [1.82, 2.24) is 15.5 Å². The van der Waals surface area contributed by atoms with Gasteiger partial charge in [0.1, 0.15) is 0 Å². The fraction of sp³-hybridized carbons (Fsp3) is 0.333. The fourth-order valence-electron chi connectivity index (χ4n) is 1.61. The van der Waals surface area contributed by atoms with Gasteiger partial charge in [0.05, 0.1) is 10.5 Å². The zero-order valence-corrected chi connectivity index (χ0v) is 14.3. The van der Waals surface area contributed by atoms with Crippen molar-refractivity contribution in [2.45, 2.75) is 19.4 Å². The van der Waals surface area contributed by atoms with Crippen molar-refractivity contribution in [3.63, 3.8) is 0 Å². The van der Waals surface area contributed by atoms with E-state index in [4.69, 9.17) is 4.52 Å². The van der Waals surface area contributed by atoms with Crippen LogP contribution in [0.1, 0.15) is 12.7 Å². The topological polar surface area (TPSA) is 94.1 Å². The minimum absolute atomic E-state index is 0. The molecule has 0 aliphatic heterocycles. The molecule has 1 N–H and O–H groups in total. The average Bonchev–Trinajstić information content (AvgIpc) is 2.86. The molecule has 1 heterocycles. The number of likely N-dealkylation sites (N-methyl/N-ethyl adjacent to an activating group) is 1. The van der Waals surface area contributed by atoms with Crippen molar-refractivity contribution in [1.29, 1.82) is 0 Å². The van der Waals surface area contributed by atoms with E-state index in [-0.39, 0.29) is 24.1 Å². The Morgan fingerprint density at radius 1 is 1.52 bits per heavy atom. The predicted octanol–water partition coefficient (Wildman–Crippen LogP) is 2.82. The van der Waals surface area contributed by atoms with Gasteiger partial charge in [-0.15, -0.1) is 12.4 Å². The number of nitrogens with one attached hydrogen (secondary N) is 1. The zero-order valence-electron chi connectivity index (χ0n) is 11.4. The first-order valence-electron chi connectivity index (χ1n) is 5.95. The highest BCUT2D eigenvalue weighted by Crippen LogP contribution is 2.27. The highest BCUT2D eigenvalue weighted by Gasteiger charge is 2.16. The van der Waals surface area contributed by atoms with Crippen molar-refractivity contribution >= 4 is 40.7 Å². The maximum Gasteiger partial charge on any atom is 0.270 e. The number of hydrogen-bond acceptors (Lipinski definition) is 6. The van der Waals surface area contributed by atoms with Crippen LogP contribution in [0.2, 0.25) is 0 Å². The minimum atomic E-state index is -0.431. The van der Waals surface area contributed by atoms with Crippen LogP contribution < -0.4 is 5.32 Å². The molecule has 0 spiro atoms. The van der Waals surface area contributed by atoms with Gasteiger partial charge in [0.15, 0.2) is 5.82 Å². The van der Waals surface area contributed by atoms with Crippen molar-refractivity contribution < 1.29 is 9.45 Å². The standard InChI is InChI=1S/C12H13IN4O3.ClH/c1-7(14-2)5-11-15-12(20-16-11)9-4-3-8(17(18)19)6-10(9)13;/h3-4,6-7,14H,5H2,1-2H3;1H. The highest BCUT2D eigenvalue weighted by atomic mass is 127. The van der Waals surface area contributed by atoms with Gasteiger partial charge < -0.3 is 9.84 Å². The zero-order chi connectivity index (χ0) is 14.7. The van der Waals surface area contributed by atoms with Crippen LogP contribution in [-0.2, 0) is 6.42 Å². The molecule has 1 atom stereocenters. The molecule has 0 bridgehead atoms. The molecule has 9 heteroatoms.